The van der Waals surface area contributed by atoms with E-state index in [9.17, 15) is 9.59 Å². The van der Waals surface area contributed by atoms with Gasteiger partial charge in [0.05, 0.1) is 0 Å². The van der Waals surface area contributed by atoms with Crippen LogP contribution in [-0.4, -0.2) is 58.3 Å². The number of fused-ring (bicyclic) bond motifs is 1. The highest BCUT2D eigenvalue weighted by Crippen LogP contribution is 2.43. The number of hydrogen-bond acceptors (Lipinski definition) is 3. The number of carbonyl (C=O) groups is 2. The average molecular weight is 282 g/mol. The highest BCUT2D eigenvalue weighted by Gasteiger charge is 2.44. The van der Waals surface area contributed by atoms with E-state index in [1.807, 2.05) is 21.6 Å². The largest absolute Gasteiger partial charge is 0.339 e. The Bertz CT molecular complexity index is 389. The van der Waals surface area contributed by atoms with Gasteiger partial charge in [-0.25, -0.2) is 0 Å². The van der Waals surface area contributed by atoms with E-state index in [1.54, 1.807) is 0 Å². The number of nitrogens with zero attached hydrogens (tertiary/aromatic N) is 2. The van der Waals surface area contributed by atoms with Crippen molar-refractivity contribution < 1.29 is 9.59 Å². The SMILES string of the molecule is CSC1(CN2CCC(=O)N3CCCC3C2=O)CCC1. The van der Waals surface area contributed by atoms with Gasteiger partial charge in [0, 0.05) is 30.8 Å². The fraction of sp³-hybridized carbons (Fsp3) is 0.857. The molecule has 106 valence electrons. The second-order valence-electron chi connectivity index (χ2n) is 6.00. The fourth-order valence-electron chi connectivity index (χ4n) is 3.52. The lowest BCUT2D eigenvalue weighted by Gasteiger charge is -2.44. The molecule has 2 aliphatic heterocycles. The van der Waals surface area contributed by atoms with E-state index >= 15 is 0 Å². The van der Waals surface area contributed by atoms with Gasteiger partial charge >= 0.3 is 0 Å². The second kappa shape index (κ2) is 5.00. The Morgan fingerprint density at radius 3 is 2.68 bits per heavy atom. The van der Waals surface area contributed by atoms with Gasteiger partial charge in [0.15, 0.2) is 0 Å². The third kappa shape index (κ3) is 2.26. The summed E-state index contributed by atoms with van der Waals surface area (Å²) in [5.74, 6) is 0.369. The Morgan fingerprint density at radius 2 is 2.05 bits per heavy atom. The summed E-state index contributed by atoms with van der Waals surface area (Å²) >= 11 is 1.90. The Hall–Kier alpha value is -0.710. The third-order valence-corrected chi connectivity index (χ3v) is 6.35. The molecule has 0 aromatic carbocycles. The zero-order chi connectivity index (χ0) is 13.5. The van der Waals surface area contributed by atoms with Gasteiger partial charge in [0.2, 0.25) is 11.8 Å². The summed E-state index contributed by atoms with van der Waals surface area (Å²) in [7, 11) is 0. The molecule has 3 aliphatic rings. The van der Waals surface area contributed by atoms with Crippen LogP contribution in [0.1, 0.15) is 38.5 Å². The van der Waals surface area contributed by atoms with Crippen LogP contribution in [0.25, 0.3) is 0 Å². The van der Waals surface area contributed by atoms with Gasteiger partial charge in [-0.05, 0) is 31.9 Å². The Balaban J connectivity index is 1.74. The first-order valence-corrected chi connectivity index (χ1v) is 8.51. The van der Waals surface area contributed by atoms with Crippen LogP contribution in [0.15, 0.2) is 0 Å². The van der Waals surface area contributed by atoms with Gasteiger partial charge in [-0.2, -0.15) is 11.8 Å². The Labute approximate surface area is 118 Å². The molecule has 1 unspecified atom stereocenters. The summed E-state index contributed by atoms with van der Waals surface area (Å²) in [6.07, 6.45) is 8.18. The van der Waals surface area contributed by atoms with E-state index in [0.717, 1.165) is 25.9 Å². The topological polar surface area (TPSA) is 40.6 Å². The minimum absolute atomic E-state index is 0.158. The molecule has 0 radical (unpaired) electrons. The Kier molecular flexibility index (Phi) is 3.50. The minimum Gasteiger partial charge on any atom is -0.339 e. The van der Waals surface area contributed by atoms with Crippen molar-refractivity contribution in [1.29, 1.82) is 0 Å². The summed E-state index contributed by atoms with van der Waals surface area (Å²) in [6.45, 7) is 2.23. The van der Waals surface area contributed by atoms with Crippen molar-refractivity contribution in [1.82, 2.24) is 9.80 Å². The molecule has 1 aliphatic carbocycles. The van der Waals surface area contributed by atoms with E-state index < -0.39 is 0 Å². The van der Waals surface area contributed by atoms with Gasteiger partial charge in [-0.15, -0.1) is 0 Å². The van der Waals surface area contributed by atoms with Crippen LogP contribution >= 0.6 is 11.8 Å². The van der Waals surface area contributed by atoms with Crippen molar-refractivity contribution >= 4 is 23.6 Å². The number of carbonyl (C=O) groups excluding carboxylic acids is 2. The van der Waals surface area contributed by atoms with E-state index in [-0.39, 0.29) is 22.6 Å². The maximum Gasteiger partial charge on any atom is 0.245 e. The monoisotopic (exact) mass is 282 g/mol. The Morgan fingerprint density at radius 1 is 1.26 bits per heavy atom. The number of hydrogen-bond donors (Lipinski definition) is 0. The van der Waals surface area contributed by atoms with Gasteiger partial charge in [-0.1, -0.05) is 6.42 Å². The molecule has 4 nitrogen and oxygen atoms in total. The standard InChI is InChI=1S/C14H22N2O2S/c1-19-14(6-3-7-14)10-15-9-5-12(17)16-8-2-4-11(16)13(15)18/h11H,2-10H2,1H3. The highest BCUT2D eigenvalue weighted by atomic mass is 32.2. The highest BCUT2D eigenvalue weighted by molar-refractivity contribution is 8.00. The number of thioether (sulfide) groups is 1. The smallest absolute Gasteiger partial charge is 0.245 e. The zero-order valence-corrected chi connectivity index (χ0v) is 12.4. The first-order chi connectivity index (χ1) is 9.15. The van der Waals surface area contributed by atoms with Crippen LogP contribution in [0.3, 0.4) is 0 Å². The molecule has 1 saturated carbocycles. The van der Waals surface area contributed by atoms with E-state index in [4.69, 9.17) is 0 Å². The van der Waals surface area contributed by atoms with Gasteiger partial charge in [-0.3, -0.25) is 9.59 Å². The summed E-state index contributed by atoms with van der Waals surface area (Å²) in [5.41, 5.74) is 0. The molecule has 0 N–H and O–H groups in total. The van der Waals surface area contributed by atoms with Gasteiger partial charge in [0.25, 0.3) is 0 Å². The van der Waals surface area contributed by atoms with Crippen molar-refractivity contribution in [3.8, 4) is 0 Å². The van der Waals surface area contributed by atoms with Crippen molar-refractivity contribution in [2.45, 2.75) is 49.3 Å². The maximum atomic E-state index is 12.6. The molecule has 2 heterocycles. The lowest BCUT2D eigenvalue weighted by Crippen LogP contribution is -2.51. The molecule has 0 spiro atoms. The molecule has 0 aromatic heterocycles. The van der Waals surface area contributed by atoms with Crippen LogP contribution in [0.5, 0.6) is 0 Å². The minimum atomic E-state index is -0.158. The molecule has 5 heteroatoms. The predicted octanol–water partition coefficient (Wildman–Crippen LogP) is 1.50. The average Bonchev–Trinajstić information content (AvgIpc) is 2.81. The van der Waals surface area contributed by atoms with Crippen molar-refractivity contribution in [3.63, 3.8) is 0 Å². The molecular formula is C14H22N2O2S. The summed E-state index contributed by atoms with van der Waals surface area (Å²) in [4.78, 5) is 28.5. The van der Waals surface area contributed by atoms with Crippen molar-refractivity contribution in [2.75, 3.05) is 25.9 Å². The summed E-state index contributed by atoms with van der Waals surface area (Å²) < 4.78 is 0.270. The molecule has 3 fully saturated rings. The molecule has 0 aromatic rings. The molecule has 2 saturated heterocycles. The first kappa shape index (κ1) is 13.3. The van der Waals surface area contributed by atoms with Crippen LogP contribution in [0.2, 0.25) is 0 Å². The van der Waals surface area contributed by atoms with Crippen molar-refractivity contribution in [2.24, 2.45) is 0 Å². The number of rotatable bonds is 3. The molecule has 19 heavy (non-hydrogen) atoms. The molecule has 0 bridgehead atoms. The first-order valence-electron chi connectivity index (χ1n) is 7.29. The lowest BCUT2D eigenvalue weighted by molar-refractivity contribution is -0.139. The van der Waals surface area contributed by atoms with Crippen LogP contribution in [0, 0.1) is 0 Å². The van der Waals surface area contributed by atoms with Gasteiger partial charge < -0.3 is 9.80 Å². The normalized spacial score (nSPS) is 30.1. The molecule has 3 rings (SSSR count). The predicted molar refractivity (Wildman–Crippen MR) is 76.0 cm³/mol. The van der Waals surface area contributed by atoms with Crippen LogP contribution < -0.4 is 0 Å². The molecule has 1 atom stereocenters. The maximum absolute atomic E-state index is 12.6. The van der Waals surface area contributed by atoms with E-state index in [2.05, 4.69) is 6.26 Å². The van der Waals surface area contributed by atoms with Crippen LogP contribution in [0.4, 0.5) is 0 Å². The van der Waals surface area contributed by atoms with Gasteiger partial charge in [0.1, 0.15) is 6.04 Å². The molecular weight excluding hydrogens is 260 g/mol. The summed E-state index contributed by atoms with van der Waals surface area (Å²) in [5, 5.41) is 0. The number of amides is 2. The fourth-order valence-corrected chi connectivity index (χ4v) is 4.50. The zero-order valence-electron chi connectivity index (χ0n) is 11.6. The van der Waals surface area contributed by atoms with Crippen molar-refractivity contribution in [3.05, 3.63) is 0 Å². The van der Waals surface area contributed by atoms with E-state index in [1.165, 1.54) is 19.3 Å². The second-order valence-corrected chi connectivity index (χ2v) is 7.27. The summed E-state index contributed by atoms with van der Waals surface area (Å²) in [6, 6.07) is -0.158. The lowest BCUT2D eigenvalue weighted by atomic mass is 9.83. The quantitative estimate of drug-likeness (QED) is 0.787. The third-order valence-electron chi connectivity index (χ3n) is 4.94. The molecule has 2 amide bonds. The van der Waals surface area contributed by atoms with E-state index in [0.29, 0.717) is 13.0 Å². The van der Waals surface area contributed by atoms with Crippen LogP contribution in [-0.2, 0) is 9.59 Å².